The van der Waals surface area contributed by atoms with Crippen LogP contribution in [0.3, 0.4) is 0 Å². The zero-order valence-electron chi connectivity index (χ0n) is 11.6. The lowest BCUT2D eigenvalue weighted by molar-refractivity contribution is 0.107. The summed E-state index contributed by atoms with van der Waals surface area (Å²) in [6, 6.07) is 15.9. The summed E-state index contributed by atoms with van der Waals surface area (Å²) in [4.78, 5) is 15.5. The topological polar surface area (TPSA) is 32.9 Å². The van der Waals surface area contributed by atoms with E-state index in [1.165, 1.54) is 11.1 Å². The van der Waals surface area contributed by atoms with Gasteiger partial charge in [-0.25, -0.2) is 0 Å². The summed E-state index contributed by atoms with van der Waals surface area (Å²) in [6.07, 6.45) is 0. The summed E-state index contributed by atoms with van der Waals surface area (Å²) >= 11 is 0. The molecule has 3 aromatic rings. The first-order chi connectivity index (χ1) is 9.63. The van der Waals surface area contributed by atoms with E-state index in [-0.39, 0.29) is 5.68 Å². The van der Waals surface area contributed by atoms with E-state index >= 15 is 0 Å². The highest BCUT2D eigenvalue weighted by atomic mass is 16.1. The molecule has 3 heteroatoms. The number of carbonyl (C=O) groups is 1. The van der Waals surface area contributed by atoms with Crippen molar-refractivity contribution < 1.29 is 4.79 Å². The molecule has 0 unspecified atom stereocenters. The van der Waals surface area contributed by atoms with Gasteiger partial charge in [-0.2, -0.15) is 0 Å². The van der Waals surface area contributed by atoms with E-state index in [1.807, 2.05) is 48.5 Å². The van der Waals surface area contributed by atoms with Gasteiger partial charge in [-0.15, -0.1) is 0 Å². The number of benzene rings is 2. The Balaban J connectivity index is 1.86. The molecular weight excluding hydrogens is 245 g/mol. The monoisotopic (exact) mass is 260 g/mol. The molecule has 0 saturated heterocycles. The molecule has 97 valence electrons. The lowest BCUT2D eigenvalue weighted by atomic mass is 9.64. The predicted octanol–water partition coefficient (Wildman–Crippen LogP) is 2.95. The summed E-state index contributed by atoms with van der Waals surface area (Å²) in [6.45, 7) is 4.12. The van der Waals surface area contributed by atoms with Crippen molar-refractivity contribution in [1.29, 1.82) is 0 Å². The van der Waals surface area contributed by atoms with E-state index in [0.29, 0.717) is 5.69 Å². The summed E-state index contributed by atoms with van der Waals surface area (Å²) in [5, 5.41) is 1.06. The molecule has 0 aliphatic rings. The maximum absolute atomic E-state index is 12.3. The van der Waals surface area contributed by atoms with E-state index in [4.69, 9.17) is 0 Å². The van der Waals surface area contributed by atoms with Crippen molar-refractivity contribution in [3.05, 3.63) is 65.4 Å². The Morgan fingerprint density at radius 1 is 1.00 bits per heavy atom. The van der Waals surface area contributed by atoms with Gasteiger partial charge in [0.2, 0.25) is 7.28 Å². The van der Waals surface area contributed by atoms with Crippen LogP contribution in [0.5, 0.6) is 0 Å². The van der Waals surface area contributed by atoms with E-state index < -0.39 is 0 Å². The molecule has 1 aromatic heterocycles. The number of H-pyrrole nitrogens is 1. The van der Waals surface area contributed by atoms with Gasteiger partial charge in [0.1, 0.15) is 5.68 Å². The van der Waals surface area contributed by atoms with Gasteiger partial charge in [-0.05, 0) is 37.1 Å². The third-order valence-electron chi connectivity index (χ3n) is 3.62. The van der Waals surface area contributed by atoms with E-state index in [9.17, 15) is 4.79 Å². The van der Waals surface area contributed by atoms with Crippen LogP contribution in [-0.2, 0) is 0 Å². The highest BCUT2D eigenvalue weighted by molar-refractivity contribution is 6.86. The third-order valence-corrected chi connectivity index (χ3v) is 3.62. The van der Waals surface area contributed by atoms with Gasteiger partial charge in [-0.3, -0.25) is 0 Å². The number of aryl methyl sites for hydroxylation is 2. The summed E-state index contributed by atoms with van der Waals surface area (Å²) in [7, 11) is 1.68. The molecule has 2 aromatic carbocycles. The summed E-state index contributed by atoms with van der Waals surface area (Å²) in [5.41, 5.74) is 5.00. The number of aromatic amines is 1. The van der Waals surface area contributed by atoms with Gasteiger partial charge in [-0.1, -0.05) is 41.9 Å². The number of fused-ring (bicyclic) bond motifs is 1. The van der Waals surface area contributed by atoms with Crippen molar-refractivity contribution in [2.24, 2.45) is 0 Å². The Morgan fingerprint density at radius 2 is 1.80 bits per heavy atom. The predicted molar refractivity (Wildman–Crippen MR) is 83.9 cm³/mol. The highest BCUT2D eigenvalue weighted by Gasteiger charge is 2.12. The second-order valence-corrected chi connectivity index (χ2v) is 5.12. The van der Waals surface area contributed by atoms with Crippen LogP contribution in [0.2, 0.25) is 0 Å². The zero-order chi connectivity index (χ0) is 14.1. The minimum atomic E-state index is 0.00412. The maximum Gasteiger partial charge on any atom is 0.250 e. The van der Waals surface area contributed by atoms with Crippen LogP contribution in [0, 0.1) is 13.8 Å². The van der Waals surface area contributed by atoms with Crippen molar-refractivity contribution in [2.45, 2.75) is 13.8 Å². The van der Waals surface area contributed by atoms with Crippen molar-refractivity contribution in [2.75, 3.05) is 0 Å². The minimum absolute atomic E-state index is 0.00412. The number of carbonyl (C=O) groups excluding carboxylic acids is 1. The lowest BCUT2D eigenvalue weighted by Gasteiger charge is -2.03. The van der Waals surface area contributed by atoms with E-state index in [0.717, 1.165) is 16.4 Å². The Hall–Kier alpha value is -2.29. The smallest absolute Gasteiger partial charge is 0.250 e. The molecule has 1 N–H and O–H groups in total. The summed E-state index contributed by atoms with van der Waals surface area (Å²) < 4.78 is 0. The van der Waals surface area contributed by atoms with Crippen LogP contribution >= 0.6 is 0 Å². The van der Waals surface area contributed by atoms with E-state index in [1.54, 1.807) is 7.28 Å². The fraction of sp³-hybridized carbons (Fsp3) is 0.118. The van der Waals surface area contributed by atoms with Crippen molar-refractivity contribution in [3.8, 4) is 0 Å². The van der Waals surface area contributed by atoms with Gasteiger partial charge < -0.3 is 9.78 Å². The highest BCUT2D eigenvalue weighted by Crippen LogP contribution is 2.14. The van der Waals surface area contributed by atoms with Gasteiger partial charge in [0.15, 0.2) is 0 Å². The Bertz CT molecular complexity index is 756. The second-order valence-electron chi connectivity index (χ2n) is 5.12. The van der Waals surface area contributed by atoms with Crippen LogP contribution in [0.1, 0.15) is 21.6 Å². The zero-order valence-corrected chi connectivity index (χ0v) is 11.6. The Morgan fingerprint density at radius 3 is 2.55 bits per heavy atom. The molecule has 0 atom stereocenters. The first-order valence-electron chi connectivity index (χ1n) is 6.67. The van der Waals surface area contributed by atoms with Crippen LogP contribution < -0.4 is 5.46 Å². The van der Waals surface area contributed by atoms with Crippen LogP contribution in [0.4, 0.5) is 0 Å². The number of para-hydroxylation sites is 1. The number of rotatable bonds is 3. The van der Waals surface area contributed by atoms with Crippen LogP contribution in [0.25, 0.3) is 10.9 Å². The van der Waals surface area contributed by atoms with Crippen LogP contribution in [-0.4, -0.2) is 17.9 Å². The third kappa shape index (κ3) is 2.39. The number of hydrogen-bond donors (Lipinski definition) is 1. The average molecular weight is 260 g/mol. The molecule has 0 aliphatic carbocycles. The normalized spacial score (nSPS) is 10.7. The molecule has 3 rings (SSSR count). The molecule has 0 amide bonds. The Labute approximate surface area is 119 Å². The molecule has 0 saturated carbocycles. The average Bonchev–Trinajstić information content (AvgIpc) is 2.87. The quantitative estimate of drug-likeness (QED) is 0.721. The molecule has 1 radical (unpaired) electrons. The maximum atomic E-state index is 12.3. The van der Waals surface area contributed by atoms with Crippen molar-refractivity contribution in [1.82, 2.24) is 4.98 Å². The van der Waals surface area contributed by atoms with Gasteiger partial charge >= 0.3 is 0 Å². The minimum Gasteiger partial charge on any atom is -0.353 e. The van der Waals surface area contributed by atoms with Crippen molar-refractivity contribution >= 4 is 29.3 Å². The van der Waals surface area contributed by atoms with Gasteiger partial charge in [0.25, 0.3) is 0 Å². The molecule has 1 heterocycles. The largest absolute Gasteiger partial charge is 0.353 e. The fourth-order valence-corrected chi connectivity index (χ4v) is 2.29. The number of nitrogens with one attached hydrogen (secondary N) is 1. The summed E-state index contributed by atoms with van der Waals surface area (Å²) in [5.74, 6) is 0. The fourth-order valence-electron chi connectivity index (χ4n) is 2.29. The number of aromatic nitrogens is 1. The molecule has 0 spiro atoms. The molecule has 0 aliphatic heterocycles. The molecule has 0 fully saturated rings. The first-order valence-corrected chi connectivity index (χ1v) is 6.67. The molecular formula is C17H15BNO. The molecule has 20 heavy (non-hydrogen) atoms. The van der Waals surface area contributed by atoms with E-state index in [2.05, 4.69) is 18.8 Å². The second kappa shape index (κ2) is 5.01. The standard InChI is InChI=1S/C17H15BNO/c1-11-7-8-14(9-12(11)2)18-17(20)16-10-13-5-3-4-6-15(13)19-16/h3-10,19H,1-2H3. The molecule has 2 nitrogen and oxygen atoms in total. The SMILES string of the molecule is Cc1ccc([B]C(=O)c2cc3ccccc3[nH]2)cc1C. The number of hydrogen-bond acceptors (Lipinski definition) is 1. The van der Waals surface area contributed by atoms with Crippen LogP contribution in [0.15, 0.2) is 48.5 Å². The van der Waals surface area contributed by atoms with Gasteiger partial charge in [0, 0.05) is 10.9 Å². The first kappa shape index (κ1) is 12.7. The van der Waals surface area contributed by atoms with Gasteiger partial charge in [0.05, 0.1) is 5.69 Å². The Kier molecular flexibility index (Phi) is 3.19. The molecule has 0 bridgehead atoms. The van der Waals surface area contributed by atoms with Crippen molar-refractivity contribution in [3.63, 3.8) is 0 Å². The lowest BCUT2D eigenvalue weighted by Crippen LogP contribution is -2.24.